The average molecular weight is 310 g/mol. The first kappa shape index (κ1) is 15.6. The molecule has 1 aromatic carbocycles. The minimum Gasteiger partial charge on any atom is -0.336 e. The molecule has 0 aliphatic carbocycles. The number of nitrogens with one attached hydrogen (secondary N) is 1. The van der Waals surface area contributed by atoms with Gasteiger partial charge < -0.3 is 5.32 Å². The molecule has 0 unspecified atom stereocenters. The highest BCUT2D eigenvalue weighted by Crippen LogP contribution is 2.31. The Morgan fingerprint density at radius 2 is 1.83 bits per heavy atom. The van der Waals surface area contributed by atoms with Gasteiger partial charge in [-0.3, -0.25) is 9.69 Å². The smallest absolute Gasteiger partial charge is 0.225 e. The zero-order valence-corrected chi connectivity index (χ0v) is 12.4. The van der Waals surface area contributed by atoms with Gasteiger partial charge in [0.15, 0.2) is 0 Å². The van der Waals surface area contributed by atoms with Gasteiger partial charge in [-0.25, -0.2) is 0 Å². The summed E-state index contributed by atoms with van der Waals surface area (Å²) in [6.45, 7) is 0. The van der Waals surface area contributed by atoms with Gasteiger partial charge in [-0.1, -0.05) is 65.1 Å². The molecule has 1 N–H and O–H groups in total. The molecule has 0 bridgehead atoms. The lowest BCUT2D eigenvalue weighted by Crippen LogP contribution is -2.52. The lowest BCUT2D eigenvalue weighted by Gasteiger charge is -2.31. The minimum absolute atomic E-state index is 0.189. The predicted octanol–water partition coefficient (Wildman–Crippen LogP) is 2.60. The van der Waals surface area contributed by atoms with Gasteiger partial charge in [0.2, 0.25) is 9.70 Å². The molecule has 100 valence electrons. The standard InChI is InChI=1S/C12H15Cl3N2O/c1-17(2)11(12(13,14)15)16-10(18)8-9-6-4-3-5-7-9/h3-7,11H,8H2,1-2H3,(H,16,18)/t11-/m0/s1. The van der Waals surface area contributed by atoms with Gasteiger partial charge in [0, 0.05) is 0 Å². The highest BCUT2D eigenvalue weighted by atomic mass is 35.6. The van der Waals surface area contributed by atoms with Crippen molar-refractivity contribution in [1.29, 1.82) is 0 Å². The summed E-state index contributed by atoms with van der Waals surface area (Å²) in [4.78, 5) is 13.5. The van der Waals surface area contributed by atoms with Crippen LogP contribution < -0.4 is 5.32 Å². The normalized spacial score (nSPS) is 13.4. The molecule has 1 amide bonds. The van der Waals surface area contributed by atoms with Crippen LogP contribution in [0, 0.1) is 0 Å². The molecule has 0 heterocycles. The van der Waals surface area contributed by atoms with E-state index in [1.165, 1.54) is 0 Å². The molecule has 0 aromatic heterocycles. The molecule has 0 saturated carbocycles. The first-order valence-corrected chi connectivity index (χ1v) is 6.50. The average Bonchev–Trinajstić information content (AvgIpc) is 2.25. The summed E-state index contributed by atoms with van der Waals surface area (Å²) in [6.07, 6.45) is -0.412. The van der Waals surface area contributed by atoms with Crippen molar-refractivity contribution in [3.8, 4) is 0 Å². The highest BCUT2D eigenvalue weighted by Gasteiger charge is 2.35. The monoisotopic (exact) mass is 308 g/mol. The molecule has 0 aliphatic rings. The second-order valence-electron chi connectivity index (χ2n) is 4.14. The third-order valence-corrected chi connectivity index (χ3v) is 2.95. The van der Waals surface area contributed by atoms with Crippen molar-refractivity contribution in [3.05, 3.63) is 35.9 Å². The van der Waals surface area contributed by atoms with Gasteiger partial charge in [-0.15, -0.1) is 0 Å². The van der Waals surface area contributed by atoms with E-state index in [4.69, 9.17) is 34.8 Å². The van der Waals surface area contributed by atoms with Crippen LogP contribution in [-0.2, 0) is 11.2 Å². The van der Waals surface area contributed by atoms with Crippen molar-refractivity contribution in [1.82, 2.24) is 10.2 Å². The lowest BCUT2D eigenvalue weighted by atomic mass is 10.1. The highest BCUT2D eigenvalue weighted by molar-refractivity contribution is 6.68. The van der Waals surface area contributed by atoms with E-state index >= 15 is 0 Å². The number of hydrogen-bond acceptors (Lipinski definition) is 2. The fraction of sp³-hybridized carbons (Fsp3) is 0.417. The first-order chi connectivity index (χ1) is 8.30. The topological polar surface area (TPSA) is 32.3 Å². The molecule has 0 saturated heterocycles. The van der Waals surface area contributed by atoms with E-state index in [2.05, 4.69) is 5.32 Å². The fourth-order valence-electron chi connectivity index (χ4n) is 1.49. The van der Waals surface area contributed by atoms with Crippen molar-refractivity contribution in [2.45, 2.75) is 16.4 Å². The Balaban J connectivity index is 2.63. The third-order valence-electron chi connectivity index (χ3n) is 2.33. The third kappa shape index (κ3) is 5.02. The number of carbonyl (C=O) groups excluding carboxylic acids is 1. The summed E-state index contributed by atoms with van der Waals surface area (Å²) in [5, 5.41) is 2.70. The molecule has 0 fully saturated rings. The quantitative estimate of drug-likeness (QED) is 0.685. The number of amides is 1. The van der Waals surface area contributed by atoms with Crippen LogP contribution in [0.3, 0.4) is 0 Å². The summed E-state index contributed by atoms with van der Waals surface area (Å²) in [6, 6.07) is 9.40. The van der Waals surface area contributed by atoms with E-state index in [9.17, 15) is 4.79 Å². The molecule has 0 radical (unpaired) electrons. The Hall–Kier alpha value is -0.480. The summed E-state index contributed by atoms with van der Waals surface area (Å²) >= 11 is 17.4. The Morgan fingerprint density at radius 1 is 1.28 bits per heavy atom. The molecular formula is C12H15Cl3N2O. The number of hydrogen-bond donors (Lipinski definition) is 1. The zero-order chi connectivity index (χ0) is 13.8. The largest absolute Gasteiger partial charge is 0.336 e. The first-order valence-electron chi connectivity index (χ1n) is 5.37. The Kier molecular flexibility index (Phi) is 5.73. The summed E-state index contributed by atoms with van der Waals surface area (Å²) < 4.78 is -1.57. The molecular weight excluding hydrogens is 295 g/mol. The van der Waals surface area contributed by atoms with E-state index in [-0.39, 0.29) is 12.3 Å². The number of nitrogens with zero attached hydrogens (tertiary/aromatic N) is 1. The van der Waals surface area contributed by atoms with E-state index < -0.39 is 9.96 Å². The van der Waals surface area contributed by atoms with Crippen molar-refractivity contribution in [2.75, 3.05) is 14.1 Å². The zero-order valence-electron chi connectivity index (χ0n) is 10.2. The maximum Gasteiger partial charge on any atom is 0.225 e. The van der Waals surface area contributed by atoms with Gasteiger partial charge in [0.1, 0.15) is 6.17 Å². The molecule has 1 aromatic rings. The molecule has 3 nitrogen and oxygen atoms in total. The van der Waals surface area contributed by atoms with Gasteiger partial charge >= 0.3 is 0 Å². The fourth-order valence-corrected chi connectivity index (χ4v) is 2.24. The van der Waals surface area contributed by atoms with Crippen LogP contribution in [0.4, 0.5) is 0 Å². The number of alkyl halides is 3. The molecule has 18 heavy (non-hydrogen) atoms. The van der Waals surface area contributed by atoms with Crippen molar-refractivity contribution in [2.24, 2.45) is 0 Å². The number of halogens is 3. The second-order valence-corrected chi connectivity index (χ2v) is 6.51. The summed E-state index contributed by atoms with van der Waals surface area (Å²) in [5.74, 6) is -0.189. The van der Waals surface area contributed by atoms with E-state index in [1.54, 1.807) is 19.0 Å². The van der Waals surface area contributed by atoms with Gasteiger partial charge in [-0.05, 0) is 19.7 Å². The second kappa shape index (κ2) is 6.62. The van der Waals surface area contributed by atoms with Gasteiger partial charge in [0.05, 0.1) is 6.42 Å². The SMILES string of the molecule is CN(C)[C@H](NC(=O)Cc1ccccc1)C(Cl)(Cl)Cl. The number of benzene rings is 1. The molecule has 1 rings (SSSR count). The molecule has 1 atom stereocenters. The van der Waals surface area contributed by atoms with Crippen LogP contribution in [0.15, 0.2) is 30.3 Å². The van der Waals surface area contributed by atoms with Crippen LogP contribution in [0.2, 0.25) is 0 Å². The van der Waals surface area contributed by atoms with Crippen molar-refractivity contribution >= 4 is 40.7 Å². The van der Waals surface area contributed by atoms with Crippen LogP contribution in [0.5, 0.6) is 0 Å². The molecule has 0 spiro atoms. The van der Waals surface area contributed by atoms with E-state index in [0.29, 0.717) is 0 Å². The van der Waals surface area contributed by atoms with E-state index in [1.807, 2.05) is 30.3 Å². The molecule has 6 heteroatoms. The lowest BCUT2D eigenvalue weighted by molar-refractivity contribution is -0.122. The van der Waals surface area contributed by atoms with Crippen molar-refractivity contribution in [3.63, 3.8) is 0 Å². The maximum absolute atomic E-state index is 11.9. The van der Waals surface area contributed by atoms with Gasteiger partial charge in [-0.2, -0.15) is 0 Å². The van der Waals surface area contributed by atoms with Crippen molar-refractivity contribution < 1.29 is 4.79 Å². The van der Waals surface area contributed by atoms with Crippen LogP contribution in [0.1, 0.15) is 5.56 Å². The van der Waals surface area contributed by atoms with Crippen LogP contribution in [-0.4, -0.2) is 34.9 Å². The predicted molar refractivity (Wildman–Crippen MR) is 76.1 cm³/mol. The Morgan fingerprint density at radius 3 is 2.28 bits per heavy atom. The summed E-state index contributed by atoms with van der Waals surface area (Å²) in [5.41, 5.74) is 0.914. The maximum atomic E-state index is 11.9. The minimum atomic E-state index is -1.57. The molecule has 0 aliphatic heterocycles. The Bertz CT molecular complexity index is 390. The summed E-state index contributed by atoms with van der Waals surface area (Å²) in [7, 11) is 3.46. The van der Waals surface area contributed by atoms with Crippen LogP contribution >= 0.6 is 34.8 Å². The van der Waals surface area contributed by atoms with E-state index in [0.717, 1.165) is 5.56 Å². The van der Waals surface area contributed by atoms with Crippen LogP contribution in [0.25, 0.3) is 0 Å². The van der Waals surface area contributed by atoms with Gasteiger partial charge in [0.25, 0.3) is 0 Å². The Labute approximate surface area is 122 Å². The number of carbonyl (C=O) groups is 1. The number of rotatable bonds is 4.